The number of anilines is 1. The maximum Gasteiger partial charge on any atom is 0.279 e. The number of hydrogen-bond acceptors (Lipinski definition) is 5. The summed E-state index contributed by atoms with van der Waals surface area (Å²) in [5.41, 5.74) is -0.301. The molecule has 21 heavy (non-hydrogen) atoms. The molecule has 3 rings (SSSR count). The molecule has 0 aliphatic carbocycles. The van der Waals surface area contributed by atoms with Crippen molar-refractivity contribution in [3.63, 3.8) is 0 Å². The van der Waals surface area contributed by atoms with Gasteiger partial charge >= 0.3 is 0 Å². The van der Waals surface area contributed by atoms with Gasteiger partial charge in [-0.1, -0.05) is 18.2 Å². The van der Waals surface area contributed by atoms with Gasteiger partial charge in [0.15, 0.2) is 0 Å². The molecule has 0 radical (unpaired) electrons. The van der Waals surface area contributed by atoms with Crippen LogP contribution in [0.5, 0.6) is 0 Å². The van der Waals surface area contributed by atoms with Crippen molar-refractivity contribution in [2.75, 3.05) is 5.32 Å². The summed E-state index contributed by atoms with van der Waals surface area (Å²) in [7, 11) is 0. The zero-order valence-electron chi connectivity index (χ0n) is 10.9. The summed E-state index contributed by atoms with van der Waals surface area (Å²) >= 11 is 1.35. The topological polar surface area (TPSA) is 72.0 Å². The van der Waals surface area contributed by atoms with Gasteiger partial charge < -0.3 is 5.32 Å². The number of rotatable bonds is 3. The van der Waals surface area contributed by atoms with Gasteiger partial charge in [-0.05, 0) is 24.3 Å². The van der Waals surface area contributed by atoms with Gasteiger partial charge in [0.25, 0.3) is 5.56 Å². The molecule has 0 saturated carbocycles. The number of nitrogens with one attached hydrogen (secondary N) is 1. The third-order valence-corrected chi connectivity index (χ3v) is 3.86. The van der Waals surface area contributed by atoms with Gasteiger partial charge in [0.2, 0.25) is 5.91 Å². The van der Waals surface area contributed by atoms with E-state index in [-0.39, 0.29) is 17.9 Å². The minimum atomic E-state index is -0.301. The number of carbonyl (C=O) groups is 1. The fourth-order valence-corrected chi connectivity index (χ4v) is 2.89. The Balaban J connectivity index is 1.82. The van der Waals surface area contributed by atoms with Crippen LogP contribution in [-0.2, 0) is 11.2 Å². The SMILES string of the molecule is O=C(Cc1nc(=O)c2ccccc2s1)Nc1ccccn1. The van der Waals surface area contributed by atoms with Gasteiger partial charge in [0.1, 0.15) is 10.8 Å². The first-order valence-corrected chi connectivity index (χ1v) is 7.14. The molecule has 0 aliphatic rings. The fourth-order valence-electron chi connectivity index (χ4n) is 1.89. The predicted molar refractivity (Wildman–Crippen MR) is 82.5 cm³/mol. The lowest BCUT2D eigenvalue weighted by atomic mass is 10.3. The van der Waals surface area contributed by atoms with Crippen LogP contribution in [0, 0.1) is 0 Å². The smallest absolute Gasteiger partial charge is 0.279 e. The molecular weight excluding hydrogens is 286 g/mol. The van der Waals surface area contributed by atoms with E-state index in [2.05, 4.69) is 15.3 Å². The summed E-state index contributed by atoms with van der Waals surface area (Å²) < 4.78 is 0.832. The van der Waals surface area contributed by atoms with Crippen molar-refractivity contribution in [3.05, 3.63) is 64.0 Å². The van der Waals surface area contributed by atoms with Crippen LogP contribution < -0.4 is 10.9 Å². The second-order valence-electron chi connectivity index (χ2n) is 4.35. The van der Waals surface area contributed by atoms with Crippen molar-refractivity contribution in [1.82, 2.24) is 9.97 Å². The van der Waals surface area contributed by atoms with E-state index in [1.165, 1.54) is 11.3 Å². The Labute approximate surface area is 124 Å². The molecule has 5 nitrogen and oxygen atoms in total. The molecule has 0 spiro atoms. The molecule has 104 valence electrons. The van der Waals surface area contributed by atoms with Crippen LogP contribution >= 0.6 is 11.3 Å². The van der Waals surface area contributed by atoms with Gasteiger partial charge in [0, 0.05) is 10.9 Å². The number of hydrogen-bond donors (Lipinski definition) is 1. The van der Waals surface area contributed by atoms with Crippen LogP contribution in [0.1, 0.15) is 5.01 Å². The quantitative estimate of drug-likeness (QED) is 0.804. The summed E-state index contributed by atoms with van der Waals surface area (Å²) in [5, 5.41) is 3.75. The number of benzene rings is 1. The molecule has 3 aromatic rings. The van der Waals surface area contributed by atoms with Crippen LogP contribution in [0.15, 0.2) is 53.5 Å². The summed E-state index contributed by atoms with van der Waals surface area (Å²) in [6, 6.07) is 12.5. The number of amides is 1. The number of aromatic nitrogens is 2. The molecule has 1 aromatic carbocycles. The molecule has 0 unspecified atom stereocenters. The second-order valence-corrected chi connectivity index (χ2v) is 5.46. The first-order chi connectivity index (χ1) is 10.2. The lowest BCUT2D eigenvalue weighted by Gasteiger charge is -2.03. The van der Waals surface area contributed by atoms with Crippen molar-refractivity contribution in [2.24, 2.45) is 0 Å². The van der Waals surface area contributed by atoms with Crippen LogP contribution in [0.25, 0.3) is 10.1 Å². The van der Waals surface area contributed by atoms with Crippen LogP contribution in [0.4, 0.5) is 5.82 Å². The van der Waals surface area contributed by atoms with Gasteiger partial charge in [-0.15, -0.1) is 11.3 Å². The molecule has 2 aromatic heterocycles. The molecule has 6 heteroatoms. The Morgan fingerprint density at radius 2 is 1.95 bits per heavy atom. The predicted octanol–water partition coefficient (Wildman–Crippen LogP) is 2.23. The van der Waals surface area contributed by atoms with Crippen LogP contribution in [0.3, 0.4) is 0 Å². The number of carbonyl (C=O) groups excluding carboxylic acids is 1. The monoisotopic (exact) mass is 297 g/mol. The number of nitrogens with zero attached hydrogens (tertiary/aromatic N) is 2. The van der Waals surface area contributed by atoms with Gasteiger partial charge in [-0.25, -0.2) is 9.97 Å². The molecule has 1 amide bonds. The fraction of sp³-hybridized carbons (Fsp3) is 0.0667. The average Bonchev–Trinajstić information content (AvgIpc) is 2.48. The summed E-state index contributed by atoms with van der Waals surface area (Å²) in [6.45, 7) is 0. The van der Waals surface area contributed by atoms with E-state index in [1.807, 2.05) is 12.1 Å². The Kier molecular flexibility index (Phi) is 3.70. The highest BCUT2D eigenvalue weighted by Gasteiger charge is 2.09. The maximum atomic E-state index is 11.9. The molecule has 0 bridgehead atoms. The standard InChI is InChI=1S/C15H11N3O2S/c19-13(17-12-7-3-4-8-16-12)9-14-18-15(20)10-5-1-2-6-11(10)21-14/h1-8H,9H2,(H,16,17,19). The Bertz CT molecular complexity index is 846. The highest BCUT2D eigenvalue weighted by atomic mass is 32.1. The van der Waals surface area contributed by atoms with Gasteiger partial charge in [-0.3, -0.25) is 9.59 Å². The molecule has 0 aliphatic heterocycles. The lowest BCUT2D eigenvalue weighted by Crippen LogP contribution is -2.17. The molecule has 0 fully saturated rings. The zero-order valence-corrected chi connectivity index (χ0v) is 11.8. The van der Waals surface area contributed by atoms with E-state index in [4.69, 9.17) is 0 Å². The molecule has 1 N–H and O–H groups in total. The van der Waals surface area contributed by atoms with Crippen molar-refractivity contribution in [2.45, 2.75) is 6.42 Å². The molecule has 0 atom stereocenters. The summed E-state index contributed by atoms with van der Waals surface area (Å²) in [5.74, 6) is 0.239. The van der Waals surface area contributed by atoms with Gasteiger partial charge in [-0.2, -0.15) is 0 Å². The van der Waals surface area contributed by atoms with Gasteiger partial charge in [0.05, 0.1) is 11.8 Å². The van der Waals surface area contributed by atoms with E-state index < -0.39 is 0 Å². The third kappa shape index (κ3) is 3.11. The highest BCUT2D eigenvalue weighted by Crippen LogP contribution is 2.17. The third-order valence-electron chi connectivity index (χ3n) is 2.82. The van der Waals surface area contributed by atoms with Crippen molar-refractivity contribution < 1.29 is 4.79 Å². The number of pyridine rings is 1. The van der Waals surface area contributed by atoms with E-state index in [9.17, 15) is 9.59 Å². The molecule has 0 saturated heterocycles. The highest BCUT2D eigenvalue weighted by molar-refractivity contribution is 7.18. The lowest BCUT2D eigenvalue weighted by molar-refractivity contribution is -0.115. The molecule has 2 heterocycles. The van der Waals surface area contributed by atoms with E-state index >= 15 is 0 Å². The Morgan fingerprint density at radius 1 is 1.14 bits per heavy atom. The zero-order chi connectivity index (χ0) is 14.7. The van der Waals surface area contributed by atoms with Crippen LogP contribution in [-0.4, -0.2) is 15.9 Å². The largest absolute Gasteiger partial charge is 0.310 e. The number of fused-ring (bicyclic) bond motifs is 1. The van der Waals surface area contributed by atoms with E-state index in [0.29, 0.717) is 16.2 Å². The normalized spacial score (nSPS) is 10.5. The first-order valence-electron chi connectivity index (χ1n) is 6.32. The van der Waals surface area contributed by atoms with E-state index in [1.54, 1.807) is 36.5 Å². The Morgan fingerprint density at radius 3 is 2.76 bits per heavy atom. The van der Waals surface area contributed by atoms with Crippen LogP contribution in [0.2, 0.25) is 0 Å². The van der Waals surface area contributed by atoms with Crippen molar-refractivity contribution in [3.8, 4) is 0 Å². The van der Waals surface area contributed by atoms with Crippen molar-refractivity contribution in [1.29, 1.82) is 0 Å². The minimum Gasteiger partial charge on any atom is -0.310 e. The van der Waals surface area contributed by atoms with Crippen molar-refractivity contribution >= 4 is 33.1 Å². The molecular formula is C15H11N3O2S. The summed E-state index contributed by atoms with van der Waals surface area (Å²) in [6.07, 6.45) is 1.66. The van der Waals surface area contributed by atoms with E-state index in [0.717, 1.165) is 4.70 Å². The minimum absolute atomic E-state index is 0.0569. The Hall–Kier alpha value is -2.60. The maximum absolute atomic E-state index is 11.9. The second kappa shape index (κ2) is 5.80. The average molecular weight is 297 g/mol. The first kappa shape index (κ1) is 13.4. The summed E-state index contributed by atoms with van der Waals surface area (Å²) in [4.78, 5) is 31.8.